The van der Waals surface area contributed by atoms with Crippen LogP contribution in [0.3, 0.4) is 0 Å². The molecule has 1 aromatic carbocycles. The maximum atomic E-state index is 12.1. The van der Waals surface area contributed by atoms with Gasteiger partial charge < -0.3 is 14.5 Å². The number of carbonyl (C=O) groups excluding carboxylic acids is 1. The molecule has 106 valence electrons. The largest absolute Gasteiger partial charge is 0.482 e. The number of carbonyl (C=O) groups is 1. The molecular formula is C13H10F3NO3. The van der Waals surface area contributed by atoms with E-state index in [4.69, 9.17) is 4.42 Å². The number of alkyl halides is 3. The third-order valence-electron chi connectivity index (χ3n) is 2.27. The van der Waals surface area contributed by atoms with E-state index >= 15 is 0 Å². The zero-order valence-electron chi connectivity index (χ0n) is 10.1. The zero-order valence-corrected chi connectivity index (χ0v) is 10.1. The van der Waals surface area contributed by atoms with Crippen LogP contribution in [0.5, 0.6) is 5.75 Å². The van der Waals surface area contributed by atoms with Gasteiger partial charge in [0.25, 0.3) is 5.91 Å². The minimum absolute atomic E-state index is 0.0515. The van der Waals surface area contributed by atoms with Gasteiger partial charge in [-0.15, -0.1) is 0 Å². The molecule has 1 heterocycles. The van der Waals surface area contributed by atoms with Gasteiger partial charge in [0, 0.05) is 0 Å². The Morgan fingerprint density at radius 1 is 1.20 bits per heavy atom. The Bertz CT molecular complexity index is 579. The summed E-state index contributed by atoms with van der Waals surface area (Å²) in [6, 6.07) is 8.82. The Morgan fingerprint density at radius 2 is 1.95 bits per heavy atom. The minimum atomic E-state index is -4.45. The molecule has 0 atom stereocenters. The fraction of sp³-hybridized carbons (Fsp3) is 0.154. The van der Waals surface area contributed by atoms with E-state index in [0.717, 1.165) is 0 Å². The van der Waals surface area contributed by atoms with Crippen molar-refractivity contribution in [2.24, 2.45) is 0 Å². The highest BCUT2D eigenvalue weighted by atomic mass is 19.4. The summed E-state index contributed by atoms with van der Waals surface area (Å²) in [6.45, 7) is -1.43. The topological polar surface area (TPSA) is 51.5 Å². The number of rotatable bonds is 4. The normalized spacial score (nSPS) is 11.2. The summed E-state index contributed by atoms with van der Waals surface area (Å²) in [7, 11) is 0. The Kier molecular flexibility index (Phi) is 3.97. The van der Waals surface area contributed by atoms with Crippen molar-refractivity contribution >= 4 is 11.6 Å². The number of benzene rings is 1. The van der Waals surface area contributed by atoms with Crippen LogP contribution in [0.1, 0.15) is 10.6 Å². The lowest BCUT2D eigenvalue weighted by Crippen LogP contribution is -2.20. The van der Waals surface area contributed by atoms with Gasteiger partial charge in [-0.1, -0.05) is 12.1 Å². The molecule has 0 aliphatic rings. The average Bonchev–Trinajstić information content (AvgIpc) is 2.90. The van der Waals surface area contributed by atoms with Crippen LogP contribution < -0.4 is 10.1 Å². The third-order valence-corrected chi connectivity index (χ3v) is 2.27. The molecule has 0 bridgehead atoms. The van der Waals surface area contributed by atoms with Crippen molar-refractivity contribution in [3.05, 3.63) is 48.4 Å². The predicted octanol–water partition coefficient (Wildman–Crippen LogP) is 3.47. The van der Waals surface area contributed by atoms with E-state index in [0.29, 0.717) is 0 Å². The number of ether oxygens (including phenoxy) is 1. The molecule has 0 unspecified atom stereocenters. The fourth-order valence-electron chi connectivity index (χ4n) is 1.45. The van der Waals surface area contributed by atoms with Gasteiger partial charge in [-0.3, -0.25) is 4.79 Å². The first-order valence-electron chi connectivity index (χ1n) is 5.59. The van der Waals surface area contributed by atoms with E-state index < -0.39 is 18.7 Å². The highest BCUT2D eigenvalue weighted by molar-refractivity contribution is 6.03. The van der Waals surface area contributed by atoms with Crippen LogP contribution in [0.25, 0.3) is 0 Å². The van der Waals surface area contributed by atoms with Gasteiger partial charge >= 0.3 is 6.18 Å². The fourth-order valence-corrected chi connectivity index (χ4v) is 1.45. The van der Waals surface area contributed by atoms with E-state index in [1.54, 1.807) is 6.07 Å². The number of hydrogen-bond acceptors (Lipinski definition) is 3. The maximum absolute atomic E-state index is 12.1. The molecule has 1 N–H and O–H groups in total. The number of anilines is 1. The quantitative estimate of drug-likeness (QED) is 0.935. The molecule has 2 aromatic rings. The van der Waals surface area contributed by atoms with Crippen molar-refractivity contribution in [3.8, 4) is 5.75 Å². The predicted molar refractivity (Wildman–Crippen MR) is 64.7 cm³/mol. The summed E-state index contributed by atoms with van der Waals surface area (Å²) < 4.78 is 45.9. The number of nitrogens with one attached hydrogen (secondary N) is 1. The van der Waals surface area contributed by atoms with Crippen molar-refractivity contribution in [3.63, 3.8) is 0 Å². The van der Waals surface area contributed by atoms with Gasteiger partial charge in [0.15, 0.2) is 12.4 Å². The molecule has 0 fully saturated rings. The molecule has 0 saturated carbocycles. The van der Waals surface area contributed by atoms with Crippen LogP contribution in [0.15, 0.2) is 47.1 Å². The second-order valence-electron chi connectivity index (χ2n) is 3.83. The summed E-state index contributed by atoms with van der Waals surface area (Å²) in [6.07, 6.45) is -3.13. The molecule has 0 radical (unpaired) electrons. The number of hydrogen-bond donors (Lipinski definition) is 1. The molecule has 2 rings (SSSR count). The number of amides is 1. The SMILES string of the molecule is O=C(Nc1ccccc1OCC(F)(F)F)c1ccco1. The van der Waals surface area contributed by atoms with Crippen molar-refractivity contribution in [1.29, 1.82) is 0 Å². The van der Waals surface area contributed by atoms with Crippen LogP contribution in [0, 0.1) is 0 Å². The first kappa shape index (κ1) is 14.0. The molecule has 0 aliphatic carbocycles. The van der Waals surface area contributed by atoms with Gasteiger partial charge in [-0.2, -0.15) is 13.2 Å². The van der Waals surface area contributed by atoms with Crippen molar-refractivity contribution in [2.45, 2.75) is 6.18 Å². The third kappa shape index (κ3) is 3.78. The molecule has 0 spiro atoms. The van der Waals surface area contributed by atoms with Crippen LogP contribution >= 0.6 is 0 Å². The maximum Gasteiger partial charge on any atom is 0.422 e. The summed E-state index contributed by atoms with van der Waals surface area (Å²) in [5, 5.41) is 2.42. The van der Waals surface area contributed by atoms with Crippen LogP contribution in [0.4, 0.5) is 18.9 Å². The van der Waals surface area contributed by atoms with Crippen LogP contribution in [0.2, 0.25) is 0 Å². The van der Waals surface area contributed by atoms with Crippen molar-refractivity contribution in [2.75, 3.05) is 11.9 Å². The number of halogens is 3. The summed E-state index contributed by atoms with van der Waals surface area (Å²) >= 11 is 0. The van der Waals surface area contributed by atoms with Gasteiger partial charge in [0.1, 0.15) is 5.75 Å². The van der Waals surface area contributed by atoms with Gasteiger partial charge in [-0.05, 0) is 24.3 Å². The number of furan rings is 1. The van der Waals surface area contributed by atoms with Gasteiger partial charge in [0.05, 0.1) is 12.0 Å². The number of para-hydroxylation sites is 2. The Morgan fingerprint density at radius 3 is 2.60 bits per heavy atom. The second kappa shape index (κ2) is 5.68. The second-order valence-corrected chi connectivity index (χ2v) is 3.83. The lowest BCUT2D eigenvalue weighted by Gasteiger charge is -2.13. The summed E-state index contributed by atoms with van der Waals surface area (Å²) in [5.41, 5.74) is 0.137. The van der Waals surface area contributed by atoms with E-state index in [9.17, 15) is 18.0 Å². The van der Waals surface area contributed by atoms with E-state index in [1.807, 2.05) is 0 Å². The van der Waals surface area contributed by atoms with Crippen LogP contribution in [-0.2, 0) is 0 Å². The Labute approximate surface area is 112 Å². The molecule has 20 heavy (non-hydrogen) atoms. The highest BCUT2D eigenvalue weighted by Crippen LogP contribution is 2.26. The van der Waals surface area contributed by atoms with Gasteiger partial charge in [0.2, 0.25) is 0 Å². The Balaban J connectivity index is 2.10. The van der Waals surface area contributed by atoms with E-state index in [-0.39, 0.29) is 17.2 Å². The summed E-state index contributed by atoms with van der Waals surface area (Å²) in [4.78, 5) is 11.7. The monoisotopic (exact) mass is 285 g/mol. The molecular weight excluding hydrogens is 275 g/mol. The smallest absolute Gasteiger partial charge is 0.422 e. The van der Waals surface area contributed by atoms with Gasteiger partial charge in [-0.25, -0.2) is 0 Å². The zero-order chi connectivity index (χ0) is 14.6. The van der Waals surface area contributed by atoms with E-state index in [2.05, 4.69) is 10.1 Å². The average molecular weight is 285 g/mol. The molecule has 1 aromatic heterocycles. The highest BCUT2D eigenvalue weighted by Gasteiger charge is 2.28. The minimum Gasteiger partial charge on any atom is -0.482 e. The van der Waals surface area contributed by atoms with Crippen molar-refractivity contribution < 1.29 is 27.1 Å². The molecule has 0 aliphatic heterocycles. The molecule has 1 amide bonds. The lowest BCUT2D eigenvalue weighted by atomic mass is 10.3. The first-order chi connectivity index (χ1) is 9.46. The van der Waals surface area contributed by atoms with Crippen LogP contribution in [-0.4, -0.2) is 18.7 Å². The lowest BCUT2D eigenvalue weighted by molar-refractivity contribution is -0.153. The van der Waals surface area contributed by atoms with E-state index in [1.165, 1.54) is 36.6 Å². The first-order valence-corrected chi connectivity index (χ1v) is 5.59. The Hall–Kier alpha value is -2.44. The van der Waals surface area contributed by atoms with Crippen molar-refractivity contribution in [1.82, 2.24) is 0 Å². The molecule has 7 heteroatoms. The standard InChI is InChI=1S/C13H10F3NO3/c14-13(15,16)8-20-10-5-2-1-4-9(10)17-12(18)11-6-3-7-19-11/h1-7H,8H2,(H,17,18). The molecule has 4 nitrogen and oxygen atoms in total. The summed E-state index contributed by atoms with van der Waals surface area (Å²) in [5.74, 6) is -0.585. The molecule has 0 saturated heterocycles.